The van der Waals surface area contributed by atoms with Gasteiger partial charge in [-0.3, -0.25) is 0 Å². The number of urea groups is 1. The molecule has 2 aliphatic rings. The minimum atomic E-state index is 0.0528. The topological polar surface area (TPSA) is 44.4 Å². The number of rotatable bonds is 2. The number of carbonyl (C=O) groups is 1. The Balaban J connectivity index is 1.64. The van der Waals surface area contributed by atoms with E-state index in [9.17, 15) is 4.79 Å². The lowest BCUT2D eigenvalue weighted by Crippen LogP contribution is -2.65. The largest absolute Gasteiger partial charge is 0.334 e. The second kappa shape index (κ2) is 6.48. The molecule has 3 rings (SSSR count). The zero-order valence-electron chi connectivity index (χ0n) is 12.6. The number of benzene rings is 1. The molecule has 1 aliphatic heterocycles. The van der Waals surface area contributed by atoms with Crippen LogP contribution in [0.2, 0.25) is 0 Å². The molecule has 21 heavy (non-hydrogen) atoms. The molecule has 1 spiro atoms. The third-order valence-electron chi connectivity index (χ3n) is 4.85. The van der Waals surface area contributed by atoms with Crippen LogP contribution >= 0.6 is 0 Å². The first-order valence-electron chi connectivity index (χ1n) is 8.10. The quantitative estimate of drug-likeness (QED) is 0.878. The minimum Gasteiger partial charge on any atom is -0.334 e. The molecule has 1 saturated carbocycles. The predicted octanol–water partition coefficient (Wildman–Crippen LogP) is 2.50. The van der Waals surface area contributed by atoms with Crippen LogP contribution in [0.25, 0.3) is 0 Å². The van der Waals surface area contributed by atoms with Gasteiger partial charge in [-0.05, 0) is 18.4 Å². The molecule has 1 saturated heterocycles. The second-order valence-electron chi connectivity index (χ2n) is 6.26. The van der Waals surface area contributed by atoms with Gasteiger partial charge >= 0.3 is 6.03 Å². The fraction of sp³-hybridized carbons (Fsp3) is 0.588. The third-order valence-corrected chi connectivity index (χ3v) is 4.85. The van der Waals surface area contributed by atoms with E-state index in [1.54, 1.807) is 0 Å². The molecule has 0 radical (unpaired) electrons. The highest BCUT2D eigenvalue weighted by Gasteiger charge is 2.42. The SMILES string of the molecule is O=C(NCc1ccccc1)N1CCNCC12CCCCC2. The van der Waals surface area contributed by atoms with Crippen LogP contribution in [0.4, 0.5) is 4.79 Å². The smallest absolute Gasteiger partial charge is 0.318 e. The Morgan fingerprint density at radius 2 is 1.95 bits per heavy atom. The number of piperazine rings is 1. The molecule has 0 unspecified atom stereocenters. The van der Waals surface area contributed by atoms with Crippen LogP contribution in [0.15, 0.2) is 30.3 Å². The van der Waals surface area contributed by atoms with Crippen LogP contribution < -0.4 is 10.6 Å². The third kappa shape index (κ3) is 3.21. The van der Waals surface area contributed by atoms with Crippen molar-refractivity contribution in [3.05, 3.63) is 35.9 Å². The van der Waals surface area contributed by atoms with Gasteiger partial charge in [0.25, 0.3) is 0 Å². The molecule has 0 aromatic heterocycles. The molecular formula is C17H25N3O. The fourth-order valence-electron chi connectivity index (χ4n) is 3.69. The van der Waals surface area contributed by atoms with Crippen LogP contribution in [0.1, 0.15) is 37.7 Å². The van der Waals surface area contributed by atoms with Crippen molar-refractivity contribution in [1.82, 2.24) is 15.5 Å². The monoisotopic (exact) mass is 287 g/mol. The number of nitrogens with zero attached hydrogens (tertiary/aromatic N) is 1. The van der Waals surface area contributed by atoms with Crippen molar-refractivity contribution in [3.63, 3.8) is 0 Å². The van der Waals surface area contributed by atoms with E-state index >= 15 is 0 Å². The van der Waals surface area contributed by atoms with Gasteiger partial charge in [0, 0.05) is 26.2 Å². The fourth-order valence-corrected chi connectivity index (χ4v) is 3.69. The molecule has 1 aromatic carbocycles. The lowest BCUT2D eigenvalue weighted by atomic mass is 9.79. The van der Waals surface area contributed by atoms with Crippen molar-refractivity contribution in [2.24, 2.45) is 0 Å². The Morgan fingerprint density at radius 1 is 1.19 bits per heavy atom. The number of amides is 2. The van der Waals surface area contributed by atoms with E-state index in [4.69, 9.17) is 0 Å². The summed E-state index contributed by atoms with van der Waals surface area (Å²) in [5.74, 6) is 0. The first kappa shape index (κ1) is 14.4. The normalized spacial score (nSPS) is 21.2. The highest BCUT2D eigenvalue weighted by molar-refractivity contribution is 5.75. The van der Waals surface area contributed by atoms with Gasteiger partial charge in [-0.1, -0.05) is 49.6 Å². The molecule has 1 heterocycles. The van der Waals surface area contributed by atoms with Crippen molar-refractivity contribution < 1.29 is 4.79 Å². The Morgan fingerprint density at radius 3 is 2.71 bits per heavy atom. The molecular weight excluding hydrogens is 262 g/mol. The summed E-state index contributed by atoms with van der Waals surface area (Å²) in [6.45, 7) is 3.28. The van der Waals surface area contributed by atoms with E-state index in [-0.39, 0.29) is 11.6 Å². The lowest BCUT2D eigenvalue weighted by Gasteiger charge is -2.49. The molecule has 2 amide bonds. The van der Waals surface area contributed by atoms with Crippen LogP contribution in [-0.4, -0.2) is 36.1 Å². The number of nitrogens with one attached hydrogen (secondary N) is 2. The highest BCUT2D eigenvalue weighted by atomic mass is 16.2. The Bertz CT molecular complexity index is 460. The van der Waals surface area contributed by atoms with Crippen molar-refractivity contribution in [1.29, 1.82) is 0 Å². The first-order valence-corrected chi connectivity index (χ1v) is 8.10. The molecule has 0 bridgehead atoms. The molecule has 2 N–H and O–H groups in total. The highest BCUT2D eigenvalue weighted by Crippen LogP contribution is 2.34. The Labute approximate surface area is 126 Å². The molecule has 4 heteroatoms. The summed E-state index contributed by atoms with van der Waals surface area (Å²) in [5.41, 5.74) is 1.20. The Kier molecular flexibility index (Phi) is 4.44. The summed E-state index contributed by atoms with van der Waals surface area (Å²) in [7, 11) is 0. The van der Waals surface area contributed by atoms with Gasteiger partial charge in [0.05, 0.1) is 5.54 Å². The van der Waals surface area contributed by atoms with E-state index in [0.29, 0.717) is 6.54 Å². The maximum Gasteiger partial charge on any atom is 0.318 e. The van der Waals surface area contributed by atoms with E-state index in [1.807, 2.05) is 18.2 Å². The second-order valence-corrected chi connectivity index (χ2v) is 6.26. The van der Waals surface area contributed by atoms with Gasteiger partial charge < -0.3 is 15.5 Å². The van der Waals surface area contributed by atoms with Crippen LogP contribution in [0, 0.1) is 0 Å². The van der Waals surface area contributed by atoms with Gasteiger partial charge in [0.2, 0.25) is 0 Å². The van der Waals surface area contributed by atoms with E-state index in [0.717, 1.165) is 38.0 Å². The summed E-state index contributed by atoms with van der Waals surface area (Å²) in [6.07, 6.45) is 6.06. The van der Waals surface area contributed by atoms with Gasteiger partial charge in [-0.15, -0.1) is 0 Å². The maximum atomic E-state index is 12.6. The van der Waals surface area contributed by atoms with Gasteiger partial charge in [0.1, 0.15) is 0 Å². The van der Waals surface area contributed by atoms with Crippen LogP contribution in [-0.2, 0) is 6.54 Å². The van der Waals surface area contributed by atoms with Gasteiger partial charge in [-0.25, -0.2) is 4.79 Å². The number of carbonyl (C=O) groups excluding carboxylic acids is 1. The Hall–Kier alpha value is -1.55. The lowest BCUT2D eigenvalue weighted by molar-refractivity contribution is 0.0568. The molecule has 114 valence electrons. The van der Waals surface area contributed by atoms with Crippen LogP contribution in [0.3, 0.4) is 0 Å². The molecule has 1 aliphatic carbocycles. The van der Waals surface area contributed by atoms with Gasteiger partial charge in [-0.2, -0.15) is 0 Å². The maximum absolute atomic E-state index is 12.6. The zero-order chi connectivity index (χ0) is 14.5. The number of hydrogen-bond donors (Lipinski definition) is 2. The first-order chi connectivity index (χ1) is 10.3. The van der Waals surface area contributed by atoms with Gasteiger partial charge in [0.15, 0.2) is 0 Å². The predicted molar refractivity (Wildman–Crippen MR) is 84.1 cm³/mol. The molecule has 1 aromatic rings. The number of hydrogen-bond acceptors (Lipinski definition) is 2. The molecule has 0 atom stereocenters. The molecule has 4 nitrogen and oxygen atoms in total. The summed E-state index contributed by atoms with van der Waals surface area (Å²) in [4.78, 5) is 14.7. The van der Waals surface area contributed by atoms with E-state index < -0.39 is 0 Å². The van der Waals surface area contributed by atoms with Crippen LogP contribution in [0.5, 0.6) is 0 Å². The minimum absolute atomic E-state index is 0.0528. The van der Waals surface area contributed by atoms with E-state index in [1.165, 1.54) is 19.3 Å². The summed E-state index contributed by atoms with van der Waals surface area (Å²) in [6, 6.07) is 10.2. The van der Waals surface area contributed by atoms with Crippen molar-refractivity contribution in [3.8, 4) is 0 Å². The summed E-state index contributed by atoms with van der Waals surface area (Å²) in [5, 5.41) is 6.58. The average Bonchev–Trinajstić information content (AvgIpc) is 2.55. The summed E-state index contributed by atoms with van der Waals surface area (Å²) >= 11 is 0. The van der Waals surface area contributed by atoms with Crippen molar-refractivity contribution in [2.45, 2.75) is 44.2 Å². The summed E-state index contributed by atoms with van der Waals surface area (Å²) < 4.78 is 0. The van der Waals surface area contributed by atoms with Crippen molar-refractivity contribution >= 4 is 6.03 Å². The van der Waals surface area contributed by atoms with Crippen molar-refractivity contribution in [2.75, 3.05) is 19.6 Å². The zero-order valence-corrected chi connectivity index (χ0v) is 12.6. The molecule has 2 fully saturated rings. The van der Waals surface area contributed by atoms with E-state index in [2.05, 4.69) is 27.7 Å². The standard InChI is InChI=1S/C17H25N3O/c21-16(19-13-15-7-3-1-4-8-15)20-12-11-18-14-17(20)9-5-2-6-10-17/h1,3-4,7-8,18H,2,5-6,9-14H2,(H,19,21). The average molecular weight is 287 g/mol.